The molecule has 1 aromatic carbocycles. The third-order valence-corrected chi connectivity index (χ3v) is 5.26. The summed E-state index contributed by atoms with van der Waals surface area (Å²) in [5, 5.41) is 3.45. The van der Waals surface area contributed by atoms with E-state index in [1.165, 1.54) is 5.69 Å². The number of hydrogen-bond donors (Lipinski definition) is 1. The van der Waals surface area contributed by atoms with Crippen LogP contribution in [0.25, 0.3) is 0 Å². The van der Waals surface area contributed by atoms with Gasteiger partial charge in [-0.15, -0.1) is 0 Å². The van der Waals surface area contributed by atoms with Gasteiger partial charge in [0.05, 0.1) is 26.0 Å². The molecule has 0 spiro atoms. The van der Waals surface area contributed by atoms with Crippen molar-refractivity contribution in [1.29, 1.82) is 0 Å². The SMILES string of the molecule is CCNC(=NCC(c1ccco1)N(C)C)N1CCN(c2ccc(OC)cc2)CC1. The predicted molar refractivity (Wildman–Crippen MR) is 118 cm³/mol. The lowest BCUT2D eigenvalue weighted by atomic mass is 10.2. The van der Waals surface area contributed by atoms with Gasteiger partial charge in [0, 0.05) is 38.4 Å². The molecule has 29 heavy (non-hydrogen) atoms. The van der Waals surface area contributed by atoms with Gasteiger partial charge in [-0.3, -0.25) is 9.89 Å². The van der Waals surface area contributed by atoms with Crippen LogP contribution in [0.4, 0.5) is 5.69 Å². The molecule has 1 atom stereocenters. The van der Waals surface area contributed by atoms with E-state index >= 15 is 0 Å². The highest BCUT2D eigenvalue weighted by atomic mass is 16.5. The van der Waals surface area contributed by atoms with Gasteiger partial charge < -0.3 is 24.3 Å². The quantitative estimate of drug-likeness (QED) is 0.571. The first-order chi connectivity index (χ1) is 14.1. The Morgan fingerprint density at radius 3 is 2.45 bits per heavy atom. The molecule has 1 fully saturated rings. The number of furan rings is 1. The predicted octanol–water partition coefficient (Wildman–Crippen LogP) is 2.68. The maximum absolute atomic E-state index is 5.61. The van der Waals surface area contributed by atoms with Crippen molar-refractivity contribution >= 4 is 11.6 Å². The number of benzene rings is 1. The molecule has 0 saturated carbocycles. The molecule has 1 aliphatic heterocycles. The van der Waals surface area contributed by atoms with E-state index in [1.54, 1.807) is 13.4 Å². The van der Waals surface area contributed by atoms with E-state index in [1.807, 2.05) is 24.3 Å². The molecule has 1 N–H and O–H groups in total. The van der Waals surface area contributed by atoms with Crippen LogP contribution >= 0.6 is 0 Å². The topological polar surface area (TPSA) is 56.5 Å². The van der Waals surface area contributed by atoms with E-state index in [-0.39, 0.29) is 6.04 Å². The standard InChI is InChI=1S/C22H33N5O2/c1-5-23-22(24-17-20(25(2)3)21-7-6-16-29-21)27-14-12-26(13-15-27)18-8-10-19(28-4)11-9-18/h6-11,16,20H,5,12-15,17H2,1-4H3,(H,23,24). The van der Waals surface area contributed by atoms with Crippen LogP contribution in [-0.4, -0.2) is 76.2 Å². The molecule has 1 aliphatic rings. The summed E-state index contributed by atoms with van der Waals surface area (Å²) >= 11 is 0. The van der Waals surface area contributed by atoms with Crippen LogP contribution in [0.5, 0.6) is 5.75 Å². The number of guanidine groups is 1. The minimum Gasteiger partial charge on any atom is -0.497 e. The van der Waals surface area contributed by atoms with Gasteiger partial charge in [0.15, 0.2) is 5.96 Å². The second-order valence-electron chi connectivity index (χ2n) is 7.36. The molecule has 7 heteroatoms. The average Bonchev–Trinajstić information content (AvgIpc) is 3.27. The molecule has 158 valence electrons. The van der Waals surface area contributed by atoms with Crippen LogP contribution in [-0.2, 0) is 0 Å². The van der Waals surface area contributed by atoms with E-state index in [2.05, 4.69) is 53.2 Å². The first-order valence-electron chi connectivity index (χ1n) is 10.2. The lowest BCUT2D eigenvalue weighted by Crippen LogP contribution is -2.52. The zero-order chi connectivity index (χ0) is 20.6. The smallest absolute Gasteiger partial charge is 0.194 e. The fraction of sp³-hybridized carbons (Fsp3) is 0.500. The number of methoxy groups -OCH3 is 1. The molecule has 0 radical (unpaired) electrons. The van der Waals surface area contributed by atoms with E-state index in [4.69, 9.17) is 14.1 Å². The van der Waals surface area contributed by atoms with Gasteiger partial charge in [-0.2, -0.15) is 0 Å². The van der Waals surface area contributed by atoms with Crippen LogP contribution in [0.1, 0.15) is 18.7 Å². The molecule has 1 aromatic heterocycles. The summed E-state index contributed by atoms with van der Waals surface area (Å²) in [7, 11) is 5.81. The van der Waals surface area contributed by atoms with Gasteiger partial charge in [0.25, 0.3) is 0 Å². The number of rotatable bonds is 7. The number of nitrogens with one attached hydrogen (secondary N) is 1. The minimum atomic E-state index is 0.124. The molecule has 7 nitrogen and oxygen atoms in total. The summed E-state index contributed by atoms with van der Waals surface area (Å²) < 4.78 is 10.9. The second kappa shape index (κ2) is 10.2. The van der Waals surface area contributed by atoms with E-state index in [0.717, 1.165) is 50.2 Å². The fourth-order valence-corrected chi connectivity index (χ4v) is 3.56. The Labute approximate surface area is 173 Å². The molecule has 3 rings (SSSR count). The molecule has 0 aliphatic carbocycles. The maximum atomic E-state index is 5.61. The number of nitrogens with zero attached hydrogens (tertiary/aromatic N) is 4. The van der Waals surface area contributed by atoms with Gasteiger partial charge >= 0.3 is 0 Å². The van der Waals surface area contributed by atoms with E-state index < -0.39 is 0 Å². The summed E-state index contributed by atoms with van der Waals surface area (Å²) in [6.07, 6.45) is 1.72. The maximum Gasteiger partial charge on any atom is 0.194 e. The Balaban J connectivity index is 1.63. The van der Waals surface area contributed by atoms with Crippen LogP contribution in [0.2, 0.25) is 0 Å². The Hall–Kier alpha value is -2.67. The van der Waals surface area contributed by atoms with Crippen molar-refractivity contribution in [2.75, 3.05) is 65.4 Å². The third kappa shape index (κ3) is 5.44. The van der Waals surface area contributed by atoms with Crippen molar-refractivity contribution in [3.05, 3.63) is 48.4 Å². The summed E-state index contributed by atoms with van der Waals surface area (Å²) in [5.74, 6) is 2.81. The Bertz CT molecular complexity index is 750. The summed E-state index contributed by atoms with van der Waals surface area (Å²) in [5.41, 5.74) is 1.23. The highest BCUT2D eigenvalue weighted by Crippen LogP contribution is 2.21. The first-order valence-corrected chi connectivity index (χ1v) is 10.2. The largest absolute Gasteiger partial charge is 0.497 e. The second-order valence-corrected chi connectivity index (χ2v) is 7.36. The number of aliphatic imine (C=N–C) groups is 1. The summed E-state index contributed by atoms with van der Waals surface area (Å²) in [4.78, 5) is 11.8. The summed E-state index contributed by atoms with van der Waals surface area (Å²) in [6, 6.07) is 12.4. The average molecular weight is 400 g/mol. The third-order valence-electron chi connectivity index (χ3n) is 5.26. The molecular formula is C22H33N5O2. The van der Waals surface area contributed by atoms with Gasteiger partial charge in [-0.25, -0.2) is 0 Å². The molecule has 0 bridgehead atoms. The highest BCUT2D eigenvalue weighted by molar-refractivity contribution is 5.80. The number of likely N-dealkylation sites (N-methyl/N-ethyl adjacent to an activating group) is 1. The van der Waals surface area contributed by atoms with Crippen LogP contribution in [0.15, 0.2) is 52.1 Å². The van der Waals surface area contributed by atoms with E-state index in [9.17, 15) is 0 Å². The molecule has 2 heterocycles. The van der Waals surface area contributed by atoms with Crippen molar-refractivity contribution in [2.24, 2.45) is 4.99 Å². The highest BCUT2D eigenvalue weighted by Gasteiger charge is 2.22. The van der Waals surface area contributed by atoms with Crippen LogP contribution in [0, 0.1) is 0 Å². The Kier molecular flexibility index (Phi) is 7.41. The van der Waals surface area contributed by atoms with Crippen LogP contribution in [0.3, 0.4) is 0 Å². The summed E-state index contributed by atoms with van der Waals surface area (Å²) in [6.45, 7) is 7.42. The zero-order valence-electron chi connectivity index (χ0n) is 18.0. The fourth-order valence-electron chi connectivity index (χ4n) is 3.56. The number of hydrogen-bond acceptors (Lipinski definition) is 5. The number of piperazine rings is 1. The van der Waals surface area contributed by atoms with Gasteiger partial charge in [-0.1, -0.05) is 0 Å². The molecule has 2 aromatic rings. The normalized spacial score (nSPS) is 16.2. The molecular weight excluding hydrogens is 366 g/mol. The Morgan fingerprint density at radius 1 is 1.17 bits per heavy atom. The molecule has 0 amide bonds. The van der Waals surface area contributed by atoms with Crippen molar-refractivity contribution in [1.82, 2.24) is 15.1 Å². The number of ether oxygens (including phenoxy) is 1. The Morgan fingerprint density at radius 2 is 1.90 bits per heavy atom. The molecule has 1 unspecified atom stereocenters. The van der Waals surface area contributed by atoms with Crippen molar-refractivity contribution in [3.63, 3.8) is 0 Å². The van der Waals surface area contributed by atoms with Crippen molar-refractivity contribution in [3.8, 4) is 5.75 Å². The first kappa shape index (κ1) is 21.0. The van der Waals surface area contributed by atoms with Crippen molar-refractivity contribution < 1.29 is 9.15 Å². The van der Waals surface area contributed by atoms with Gasteiger partial charge in [0.2, 0.25) is 0 Å². The number of anilines is 1. The molecule has 1 saturated heterocycles. The van der Waals surface area contributed by atoms with Gasteiger partial charge in [-0.05, 0) is 57.4 Å². The van der Waals surface area contributed by atoms with Gasteiger partial charge in [0.1, 0.15) is 11.5 Å². The monoisotopic (exact) mass is 399 g/mol. The lowest BCUT2D eigenvalue weighted by molar-refractivity contribution is 0.263. The van der Waals surface area contributed by atoms with Crippen molar-refractivity contribution in [2.45, 2.75) is 13.0 Å². The lowest BCUT2D eigenvalue weighted by Gasteiger charge is -2.38. The minimum absolute atomic E-state index is 0.124. The van der Waals surface area contributed by atoms with Crippen LogP contribution < -0.4 is 15.0 Å². The zero-order valence-corrected chi connectivity index (χ0v) is 18.0. The van der Waals surface area contributed by atoms with E-state index in [0.29, 0.717) is 6.54 Å².